The lowest BCUT2D eigenvalue weighted by atomic mass is 9.93. The van der Waals surface area contributed by atoms with Gasteiger partial charge < -0.3 is 10.6 Å². The fourth-order valence-corrected chi connectivity index (χ4v) is 3.26. The fraction of sp³-hybridized carbons (Fsp3) is 0.500. The van der Waals surface area contributed by atoms with Crippen molar-refractivity contribution in [2.24, 2.45) is 5.92 Å². The molecule has 0 bridgehead atoms. The van der Waals surface area contributed by atoms with Crippen LogP contribution in [-0.2, 0) is 14.6 Å². The van der Waals surface area contributed by atoms with Crippen molar-refractivity contribution >= 4 is 34.1 Å². The molecular formula is C20H26ClN3O3. The molecule has 1 aliphatic heterocycles. The van der Waals surface area contributed by atoms with Gasteiger partial charge in [0.1, 0.15) is 6.10 Å². The second-order valence-electron chi connectivity index (χ2n) is 7.54. The summed E-state index contributed by atoms with van der Waals surface area (Å²) in [7, 11) is 0. The van der Waals surface area contributed by atoms with Crippen molar-refractivity contribution in [2.45, 2.75) is 45.3 Å². The Labute approximate surface area is 164 Å². The minimum Gasteiger partial charge on any atom is -0.383 e. The smallest absolute Gasteiger partial charge is 0.225 e. The number of hydrogen-bond donors (Lipinski definition) is 2. The topological polar surface area (TPSA) is 72.5 Å². The van der Waals surface area contributed by atoms with Gasteiger partial charge >= 0.3 is 0 Å². The van der Waals surface area contributed by atoms with Gasteiger partial charge in [0, 0.05) is 35.4 Å². The van der Waals surface area contributed by atoms with E-state index in [0.717, 1.165) is 29.4 Å². The lowest BCUT2D eigenvalue weighted by Crippen LogP contribution is -2.43. The lowest BCUT2D eigenvalue weighted by molar-refractivity contribution is -0.405. The maximum absolute atomic E-state index is 12.4. The zero-order valence-corrected chi connectivity index (χ0v) is 16.7. The second-order valence-corrected chi connectivity index (χ2v) is 7.98. The molecule has 1 fully saturated rings. The molecule has 2 N–H and O–H groups in total. The van der Waals surface area contributed by atoms with E-state index in [0.29, 0.717) is 18.1 Å². The summed E-state index contributed by atoms with van der Waals surface area (Å²) in [4.78, 5) is 27.5. The standard InChI is InChI=1S/C20H26ClN3O3/c1-13(18-6-8-20(2,3)27-26-18)19(25)24-11-10-23-16-7-9-22-17-12-14(21)4-5-15(16)17/h4-5,7,9,12-13,18H,6,8,10-11H2,1-3H3,(H,22,23)(H,24,25)/t13-,18-/m0/s1. The van der Waals surface area contributed by atoms with E-state index in [1.54, 1.807) is 6.20 Å². The van der Waals surface area contributed by atoms with Crippen LogP contribution in [0.2, 0.25) is 5.02 Å². The Hall–Kier alpha value is -1.89. The number of fused-ring (bicyclic) bond motifs is 1. The summed E-state index contributed by atoms with van der Waals surface area (Å²) in [6.45, 7) is 6.96. The van der Waals surface area contributed by atoms with Gasteiger partial charge in [-0.2, -0.15) is 0 Å². The van der Waals surface area contributed by atoms with Crippen LogP contribution in [0.1, 0.15) is 33.6 Å². The molecule has 1 saturated heterocycles. The first-order valence-electron chi connectivity index (χ1n) is 9.26. The molecule has 3 rings (SSSR count). The predicted octanol–water partition coefficient (Wildman–Crippen LogP) is 3.94. The molecule has 0 aliphatic carbocycles. The average molecular weight is 392 g/mol. The van der Waals surface area contributed by atoms with E-state index in [2.05, 4.69) is 15.6 Å². The van der Waals surface area contributed by atoms with Crippen LogP contribution in [0, 0.1) is 5.92 Å². The number of amides is 1. The SMILES string of the molecule is C[C@H](C(=O)NCCNc1ccnc2cc(Cl)ccc12)[C@@H]1CCC(C)(C)OO1. The highest BCUT2D eigenvalue weighted by atomic mass is 35.5. The van der Waals surface area contributed by atoms with Crippen LogP contribution in [0.3, 0.4) is 0 Å². The number of benzene rings is 1. The highest BCUT2D eigenvalue weighted by Crippen LogP contribution is 2.29. The zero-order valence-electron chi connectivity index (χ0n) is 15.9. The van der Waals surface area contributed by atoms with Crippen molar-refractivity contribution in [1.29, 1.82) is 0 Å². The van der Waals surface area contributed by atoms with Crippen LogP contribution in [0.25, 0.3) is 10.9 Å². The number of halogens is 1. The molecule has 2 atom stereocenters. The first kappa shape index (κ1) is 19.9. The maximum atomic E-state index is 12.4. The van der Waals surface area contributed by atoms with Crippen LogP contribution < -0.4 is 10.6 Å². The molecule has 2 aromatic rings. The van der Waals surface area contributed by atoms with Crippen LogP contribution in [-0.4, -0.2) is 35.7 Å². The van der Waals surface area contributed by atoms with E-state index in [1.165, 1.54) is 0 Å². The van der Waals surface area contributed by atoms with E-state index in [1.807, 2.05) is 45.0 Å². The lowest BCUT2D eigenvalue weighted by Gasteiger charge is -2.35. The van der Waals surface area contributed by atoms with Crippen LogP contribution in [0.15, 0.2) is 30.5 Å². The Balaban J connectivity index is 1.47. The largest absolute Gasteiger partial charge is 0.383 e. The Morgan fingerprint density at radius 1 is 1.37 bits per heavy atom. The Morgan fingerprint density at radius 2 is 2.19 bits per heavy atom. The Morgan fingerprint density at radius 3 is 2.93 bits per heavy atom. The molecule has 6 nitrogen and oxygen atoms in total. The highest BCUT2D eigenvalue weighted by molar-refractivity contribution is 6.31. The molecule has 1 aromatic carbocycles. The van der Waals surface area contributed by atoms with Crippen molar-refractivity contribution in [3.05, 3.63) is 35.5 Å². The number of nitrogens with one attached hydrogen (secondary N) is 2. The molecule has 0 unspecified atom stereocenters. The van der Waals surface area contributed by atoms with Crippen LogP contribution in [0.5, 0.6) is 0 Å². The number of aromatic nitrogens is 1. The summed E-state index contributed by atoms with van der Waals surface area (Å²) in [6.07, 6.45) is 3.21. The summed E-state index contributed by atoms with van der Waals surface area (Å²) in [5.74, 6) is -0.290. The van der Waals surface area contributed by atoms with Gasteiger partial charge in [-0.25, -0.2) is 9.78 Å². The molecule has 146 valence electrons. The van der Waals surface area contributed by atoms with E-state index in [-0.39, 0.29) is 23.5 Å². The zero-order chi connectivity index (χ0) is 19.4. The predicted molar refractivity (Wildman–Crippen MR) is 107 cm³/mol. The second kappa shape index (κ2) is 8.42. The average Bonchev–Trinajstić information content (AvgIpc) is 2.64. The number of carbonyl (C=O) groups is 1. The van der Waals surface area contributed by atoms with Crippen molar-refractivity contribution < 1.29 is 14.6 Å². The van der Waals surface area contributed by atoms with Crippen molar-refractivity contribution in [1.82, 2.24) is 10.3 Å². The van der Waals surface area contributed by atoms with E-state index in [9.17, 15) is 4.79 Å². The molecule has 2 heterocycles. The van der Waals surface area contributed by atoms with Crippen molar-refractivity contribution in [3.63, 3.8) is 0 Å². The molecule has 0 spiro atoms. The van der Waals surface area contributed by atoms with E-state index >= 15 is 0 Å². The molecular weight excluding hydrogens is 366 g/mol. The van der Waals surface area contributed by atoms with Crippen molar-refractivity contribution in [2.75, 3.05) is 18.4 Å². The van der Waals surface area contributed by atoms with E-state index in [4.69, 9.17) is 21.4 Å². The first-order valence-corrected chi connectivity index (χ1v) is 9.64. The van der Waals surface area contributed by atoms with Gasteiger partial charge in [-0.05, 0) is 51.0 Å². The maximum Gasteiger partial charge on any atom is 0.225 e. The molecule has 1 aliphatic rings. The summed E-state index contributed by atoms with van der Waals surface area (Å²) < 4.78 is 0. The summed E-state index contributed by atoms with van der Waals surface area (Å²) >= 11 is 6.01. The summed E-state index contributed by atoms with van der Waals surface area (Å²) in [5.41, 5.74) is 1.52. The van der Waals surface area contributed by atoms with E-state index < -0.39 is 0 Å². The quantitative estimate of drug-likeness (QED) is 0.576. The van der Waals surface area contributed by atoms with Gasteiger partial charge in [0.15, 0.2) is 0 Å². The fourth-order valence-electron chi connectivity index (χ4n) is 3.09. The van der Waals surface area contributed by atoms with Crippen LogP contribution in [0.4, 0.5) is 5.69 Å². The minimum absolute atomic E-state index is 0.0310. The third-order valence-corrected chi connectivity index (χ3v) is 5.08. The normalized spacial score (nSPS) is 20.2. The van der Waals surface area contributed by atoms with Crippen molar-refractivity contribution in [3.8, 4) is 0 Å². The van der Waals surface area contributed by atoms with Gasteiger partial charge in [-0.15, -0.1) is 0 Å². The summed E-state index contributed by atoms with van der Waals surface area (Å²) in [6, 6.07) is 7.53. The number of hydrogen-bond acceptors (Lipinski definition) is 5. The van der Waals surface area contributed by atoms with Gasteiger partial charge in [0.2, 0.25) is 5.91 Å². The monoisotopic (exact) mass is 391 g/mol. The van der Waals surface area contributed by atoms with Crippen LogP contribution >= 0.6 is 11.6 Å². The van der Waals surface area contributed by atoms with Gasteiger partial charge in [0.25, 0.3) is 0 Å². The third-order valence-electron chi connectivity index (χ3n) is 4.84. The minimum atomic E-state index is -0.284. The molecule has 1 aromatic heterocycles. The van der Waals surface area contributed by atoms with Gasteiger partial charge in [0.05, 0.1) is 17.0 Å². The molecule has 7 heteroatoms. The number of anilines is 1. The van der Waals surface area contributed by atoms with Gasteiger partial charge in [-0.3, -0.25) is 9.78 Å². The highest BCUT2D eigenvalue weighted by Gasteiger charge is 2.34. The Kier molecular flexibility index (Phi) is 6.19. The molecule has 0 radical (unpaired) electrons. The third kappa shape index (κ3) is 5.09. The number of carbonyl (C=O) groups excluding carboxylic acids is 1. The number of rotatable bonds is 6. The molecule has 0 saturated carbocycles. The molecule has 27 heavy (non-hydrogen) atoms. The molecule has 1 amide bonds. The Bertz CT molecular complexity index is 802. The number of nitrogens with zero attached hydrogens (tertiary/aromatic N) is 1. The first-order chi connectivity index (χ1) is 12.9. The number of pyridine rings is 1. The van der Waals surface area contributed by atoms with Gasteiger partial charge in [-0.1, -0.05) is 18.5 Å². The summed E-state index contributed by atoms with van der Waals surface area (Å²) in [5, 5.41) is 7.95.